The molecule has 0 N–H and O–H groups in total. The topological polar surface area (TPSA) is 45.7 Å². The number of likely N-dealkylation sites (tertiary alicyclic amines) is 1. The first-order valence-electron chi connectivity index (χ1n) is 10.9. The summed E-state index contributed by atoms with van der Waals surface area (Å²) in [5, 5.41) is 3.03. The highest BCUT2D eigenvalue weighted by atomic mass is 32.1. The Morgan fingerprint density at radius 3 is 2.66 bits per heavy atom. The molecule has 2 aromatic rings. The van der Waals surface area contributed by atoms with E-state index in [0.717, 1.165) is 42.4 Å². The Balaban J connectivity index is 1.35. The molecular weight excluding hydrogens is 382 g/mol. The number of aromatic nitrogens is 1. The third kappa shape index (κ3) is 5.80. The number of carbonyl (C=O) groups is 1. The molecule has 2 aliphatic rings. The molecule has 29 heavy (non-hydrogen) atoms. The minimum atomic E-state index is 0.216. The van der Waals surface area contributed by atoms with E-state index in [4.69, 9.17) is 9.72 Å². The normalized spacial score (nSPS) is 17.7. The number of hydrogen-bond acceptors (Lipinski definition) is 5. The van der Waals surface area contributed by atoms with Crippen molar-refractivity contribution in [3.63, 3.8) is 0 Å². The van der Waals surface area contributed by atoms with Crippen LogP contribution in [-0.2, 0) is 17.9 Å². The molecular formula is C23H31N3O2S. The summed E-state index contributed by atoms with van der Waals surface area (Å²) in [7, 11) is 0. The fourth-order valence-corrected chi connectivity index (χ4v) is 5.01. The Bertz CT molecular complexity index is 767. The van der Waals surface area contributed by atoms with Gasteiger partial charge in [0.15, 0.2) is 0 Å². The summed E-state index contributed by atoms with van der Waals surface area (Å²) in [5.74, 6) is 1.40. The second kappa shape index (κ2) is 10.2. The minimum absolute atomic E-state index is 0.216. The van der Waals surface area contributed by atoms with Crippen LogP contribution in [0.5, 0.6) is 5.75 Å². The van der Waals surface area contributed by atoms with E-state index in [1.807, 2.05) is 30.3 Å². The van der Waals surface area contributed by atoms with Gasteiger partial charge >= 0.3 is 0 Å². The predicted molar refractivity (Wildman–Crippen MR) is 116 cm³/mol. The van der Waals surface area contributed by atoms with Crippen molar-refractivity contribution in [3.8, 4) is 5.75 Å². The number of nitrogens with zero attached hydrogens (tertiary/aromatic N) is 3. The predicted octanol–water partition coefficient (Wildman–Crippen LogP) is 4.34. The van der Waals surface area contributed by atoms with Crippen LogP contribution in [0.3, 0.4) is 0 Å². The number of rotatable bonds is 9. The maximum atomic E-state index is 13.1. The van der Waals surface area contributed by atoms with E-state index in [0.29, 0.717) is 19.1 Å². The molecule has 1 aromatic heterocycles. The molecule has 2 fully saturated rings. The van der Waals surface area contributed by atoms with Crippen LogP contribution in [0.4, 0.5) is 0 Å². The van der Waals surface area contributed by atoms with Gasteiger partial charge in [0, 0.05) is 24.4 Å². The highest BCUT2D eigenvalue weighted by molar-refractivity contribution is 7.09. The van der Waals surface area contributed by atoms with Crippen LogP contribution in [-0.4, -0.2) is 46.9 Å². The second-order valence-electron chi connectivity index (χ2n) is 8.12. The second-order valence-corrected chi connectivity index (χ2v) is 9.07. The molecule has 2 heterocycles. The van der Waals surface area contributed by atoms with Gasteiger partial charge in [-0.3, -0.25) is 4.79 Å². The van der Waals surface area contributed by atoms with E-state index < -0.39 is 0 Å². The Morgan fingerprint density at radius 1 is 1.14 bits per heavy atom. The number of para-hydroxylation sites is 1. The van der Waals surface area contributed by atoms with Gasteiger partial charge in [0.1, 0.15) is 17.4 Å². The Morgan fingerprint density at radius 2 is 1.90 bits per heavy atom. The lowest BCUT2D eigenvalue weighted by Crippen LogP contribution is -2.40. The lowest BCUT2D eigenvalue weighted by atomic mass is 10.1. The Labute approximate surface area is 177 Å². The van der Waals surface area contributed by atoms with Crippen molar-refractivity contribution in [2.24, 2.45) is 5.92 Å². The van der Waals surface area contributed by atoms with Gasteiger partial charge in [-0.25, -0.2) is 4.98 Å². The van der Waals surface area contributed by atoms with Gasteiger partial charge in [-0.15, -0.1) is 11.3 Å². The molecule has 1 amide bonds. The molecule has 1 aliphatic heterocycles. The van der Waals surface area contributed by atoms with Gasteiger partial charge in [-0.2, -0.15) is 0 Å². The Kier molecular flexibility index (Phi) is 7.17. The zero-order valence-corrected chi connectivity index (χ0v) is 17.9. The van der Waals surface area contributed by atoms with E-state index >= 15 is 0 Å². The van der Waals surface area contributed by atoms with E-state index in [1.165, 1.54) is 38.8 Å². The van der Waals surface area contributed by atoms with Crippen LogP contribution in [0.1, 0.15) is 49.2 Å². The average molecular weight is 414 g/mol. The molecule has 156 valence electrons. The molecule has 1 saturated heterocycles. The van der Waals surface area contributed by atoms with Crippen molar-refractivity contribution >= 4 is 17.2 Å². The van der Waals surface area contributed by atoms with Crippen molar-refractivity contribution < 1.29 is 9.53 Å². The van der Waals surface area contributed by atoms with Crippen LogP contribution < -0.4 is 4.74 Å². The van der Waals surface area contributed by atoms with Crippen LogP contribution in [0.25, 0.3) is 0 Å². The molecule has 1 aliphatic carbocycles. The van der Waals surface area contributed by atoms with Crippen molar-refractivity contribution in [1.29, 1.82) is 0 Å². The standard InChI is InChI=1S/C23H31N3O2S/c27-23(19-8-4-5-9-19)26(15-14-25-12-6-7-13-25)16-20-18-29-22(24-20)17-28-21-10-2-1-3-11-21/h1-3,10-11,18-19H,4-9,12-17H2. The fourth-order valence-electron chi connectivity index (χ4n) is 4.31. The molecule has 0 atom stereocenters. The summed E-state index contributed by atoms with van der Waals surface area (Å²) in [4.78, 5) is 22.4. The minimum Gasteiger partial charge on any atom is -0.486 e. The monoisotopic (exact) mass is 413 g/mol. The van der Waals surface area contributed by atoms with Crippen LogP contribution >= 0.6 is 11.3 Å². The first-order chi connectivity index (χ1) is 14.3. The van der Waals surface area contributed by atoms with Crippen molar-refractivity contribution in [1.82, 2.24) is 14.8 Å². The number of amides is 1. The highest BCUT2D eigenvalue weighted by Gasteiger charge is 2.28. The summed E-state index contributed by atoms with van der Waals surface area (Å²) in [6.07, 6.45) is 7.04. The first kappa shape index (κ1) is 20.4. The number of carbonyl (C=O) groups excluding carboxylic acids is 1. The van der Waals surface area contributed by atoms with Gasteiger partial charge in [-0.05, 0) is 50.9 Å². The van der Waals surface area contributed by atoms with E-state index in [2.05, 4.69) is 15.2 Å². The maximum Gasteiger partial charge on any atom is 0.226 e. The molecule has 0 spiro atoms. The average Bonchev–Trinajstić information content (AvgIpc) is 3.53. The summed E-state index contributed by atoms with van der Waals surface area (Å²) < 4.78 is 5.81. The summed E-state index contributed by atoms with van der Waals surface area (Å²) in [6.45, 7) is 5.21. The molecule has 1 aromatic carbocycles. The molecule has 0 bridgehead atoms. The van der Waals surface area contributed by atoms with E-state index in [9.17, 15) is 4.79 Å². The van der Waals surface area contributed by atoms with Crippen LogP contribution in [0, 0.1) is 5.92 Å². The molecule has 0 unspecified atom stereocenters. The van der Waals surface area contributed by atoms with Gasteiger partial charge in [0.25, 0.3) is 0 Å². The van der Waals surface area contributed by atoms with E-state index in [-0.39, 0.29) is 5.92 Å². The largest absolute Gasteiger partial charge is 0.486 e. The third-order valence-corrected chi connectivity index (χ3v) is 6.83. The highest BCUT2D eigenvalue weighted by Crippen LogP contribution is 2.27. The van der Waals surface area contributed by atoms with Crippen molar-refractivity contribution in [3.05, 3.63) is 46.4 Å². The zero-order valence-electron chi connectivity index (χ0n) is 17.1. The number of hydrogen-bond donors (Lipinski definition) is 0. The van der Waals surface area contributed by atoms with Crippen molar-refractivity contribution in [2.45, 2.75) is 51.7 Å². The smallest absolute Gasteiger partial charge is 0.226 e. The molecule has 0 radical (unpaired) electrons. The van der Waals surface area contributed by atoms with Gasteiger partial charge in [0.2, 0.25) is 5.91 Å². The molecule has 5 nitrogen and oxygen atoms in total. The fraction of sp³-hybridized carbons (Fsp3) is 0.565. The summed E-state index contributed by atoms with van der Waals surface area (Å²) in [5.41, 5.74) is 0.981. The molecule has 4 rings (SSSR count). The molecule has 1 saturated carbocycles. The lowest BCUT2D eigenvalue weighted by molar-refractivity contribution is -0.136. The van der Waals surface area contributed by atoms with Gasteiger partial charge in [0.05, 0.1) is 12.2 Å². The lowest BCUT2D eigenvalue weighted by Gasteiger charge is -2.27. The number of benzene rings is 1. The number of ether oxygens (including phenoxy) is 1. The third-order valence-electron chi connectivity index (χ3n) is 5.96. The maximum absolute atomic E-state index is 13.1. The summed E-state index contributed by atoms with van der Waals surface area (Å²) in [6, 6.07) is 9.82. The quantitative estimate of drug-likeness (QED) is 0.614. The summed E-state index contributed by atoms with van der Waals surface area (Å²) >= 11 is 1.61. The number of thiazole rings is 1. The first-order valence-corrected chi connectivity index (χ1v) is 11.8. The zero-order chi connectivity index (χ0) is 19.9. The Hall–Kier alpha value is -1.92. The van der Waals surface area contributed by atoms with Gasteiger partial charge in [-0.1, -0.05) is 31.0 Å². The van der Waals surface area contributed by atoms with Crippen molar-refractivity contribution in [2.75, 3.05) is 26.2 Å². The van der Waals surface area contributed by atoms with E-state index in [1.54, 1.807) is 11.3 Å². The molecule has 6 heteroatoms. The van der Waals surface area contributed by atoms with Crippen LogP contribution in [0.2, 0.25) is 0 Å². The van der Waals surface area contributed by atoms with Gasteiger partial charge < -0.3 is 14.5 Å². The van der Waals surface area contributed by atoms with Crippen LogP contribution in [0.15, 0.2) is 35.7 Å². The SMILES string of the molecule is O=C(C1CCCC1)N(CCN1CCCC1)Cc1csc(COc2ccccc2)n1.